The number of benzene rings is 1. The molecule has 0 aliphatic heterocycles. The van der Waals surface area contributed by atoms with E-state index in [1.54, 1.807) is 30.0 Å². The first-order valence-corrected chi connectivity index (χ1v) is 8.94. The maximum absolute atomic E-state index is 12.3. The highest BCUT2D eigenvalue weighted by molar-refractivity contribution is 7.99. The van der Waals surface area contributed by atoms with Crippen molar-refractivity contribution < 1.29 is 13.5 Å². The summed E-state index contributed by atoms with van der Waals surface area (Å²) in [7, 11) is -3.60. The van der Waals surface area contributed by atoms with Gasteiger partial charge in [-0.05, 0) is 24.8 Å². The lowest BCUT2D eigenvalue weighted by molar-refractivity contribution is 0.350. The molecule has 0 aliphatic rings. The van der Waals surface area contributed by atoms with E-state index >= 15 is 0 Å². The van der Waals surface area contributed by atoms with Crippen LogP contribution < -0.4 is 4.72 Å². The standard InChI is InChI=1S/C14H19NO3S2/c1-3-19-11-12(2)15-20(17,18)14-9-5-4-7-13(14)8-6-10-16/h4-5,7,9,12,15-16H,3,10-11H2,1-2H3. The van der Waals surface area contributed by atoms with Gasteiger partial charge in [0, 0.05) is 17.4 Å². The maximum Gasteiger partial charge on any atom is 0.242 e. The average Bonchev–Trinajstić information content (AvgIpc) is 2.42. The topological polar surface area (TPSA) is 66.4 Å². The summed E-state index contributed by atoms with van der Waals surface area (Å²) in [6.45, 7) is 3.57. The zero-order valence-electron chi connectivity index (χ0n) is 11.6. The predicted molar refractivity (Wildman–Crippen MR) is 83.2 cm³/mol. The van der Waals surface area contributed by atoms with E-state index in [2.05, 4.69) is 16.6 Å². The van der Waals surface area contributed by atoms with Crippen LogP contribution in [0.4, 0.5) is 0 Å². The Kier molecular flexibility index (Phi) is 7.10. The first-order valence-electron chi connectivity index (χ1n) is 6.30. The number of thioether (sulfide) groups is 1. The lowest BCUT2D eigenvalue weighted by Gasteiger charge is -2.14. The summed E-state index contributed by atoms with van der Waals surface area (Å²) < 4.78 is 27.3. The molecule has 1 unspecified atom stereocenters. The smallest absolute Gasteiger partial charge is 0.242 e. The second kappa shape index (κ2) is 8.32. The monoisotopic (exact) mass is 313 g/mol. The number of hydrogen-bond acceptors (Lipinski definition) is 4. The van der Waals surface area contributed by atoms with Crippen LogP contribution in [-0.4, -0.2) is 37.7 Å². The molecule has 1 aromatic carbocycles. The molecular weight excluding hydrogens is 294 g/mol. The Labute approximate surface area is 125 Å². The Morgan fingerprint density at radius 1 is 1.40 bits per heavy atom. The quantitative estimate of drug-likeness (QED) is 0.780. The van der Waals surface area contributed by atoms with E-state index in [0.29, 0.717) is 5.56 Å². The van der Waals surface area contributed by atoms with E-state index < -0.39 is 10.0 Å². The second-order valence-corrected chi connectivity index (χ2v) is 7.14. The Hall–Kier alpha value is -1.00. The van der Waals surface area contributed by atoms with Crippen molar-refractivity contribution in [1.82, 2.24) is 4.72 Å². The third-order valence-electron chi connectivity index (χ3n) is 2.41. The van der Waals surface area contributed by atoms with E-state index in [1.165, 1.54) is 6.07 Å². The molecule has 0 spiro atoms. The highest BCUT2D eigenvalue weighted by Crippen LogP contribution is 2.15. The fraction of sp³-hybridized carbons (Fsp3) is 0.429. The summed E-state index contributed by atoms with van der Waals surface area (Å²) in [4.78, 5) is 0.147. The van der Waals surface area contributed by atoms with Gasteiger partial charge >= 0.3 is 0 Å². The molecule has 0 radical (unpaired) electrons. The largest absolute Gasteiger partial charge is 0.384 e. The fourth-order valence-electron chi connectivity index (χ4n) is 1.60. The molecular formula is C14H19NO3S2. The third-order valence-corrected chi connectivity index (χ3v) is 5.20. The van der Waals surface area contributed by atoms with E-state index in [4.69, 9.17) is 5.11 Å². The Balaban J connectivity index is 2.98. The summed E-state index contributed by atoms with van der Waals surface area (Å²) in [6, 6.07) is 6.37. The van der Waals surface area contributed by atoms with E-state index in [-0.39, 0.29) is 17.5 Å². The van der Waals surface area contributed by atoms with Crippen molar-refractivity contribution in [3.05, 3.63) is 29.8 Å². The Bertz CT molecular complexity index is 588. The fourth-order valence-corrected chi connectivity index (χ4v) is 3.78. The van der Waals surface area contributed by atoms with Crippen LogP contribution >= 0.6 is 11.8 Å². The molecule has 0 amide bonds. The van der Waals surface area contributed by atoms with Crippen LogP contribution in [0.2, 0.25) is 0 Å². The zero-order valence-corrected chi connectivity index (χ0v) is 13.2. The Morgan fingerprint density at radius 3 is 2.75 bits per heavy atom. The molecule has 1 aromatic rings. The molecule has 1 rings (SSSR count). The van der Waals surface area contributed by atoms with Crippen molar-refractivity contribution in [3.63, 3.8) is 0 Å². The number of nitrogens with one attached hydrogen (secondary N) is 1. The van der Waals surface area contributed by atoms with Crippen LogP contribution in [0.15, 0.2) is 29.2 Å². The maximum atomic E-state index is 12.3. The normalized spacial score (nSPS) is 12.6. The van der Waals surface area contributed by atoms with Gasteiger partial charge in [-0.2, -0.15) is 11.8 Å². The molecule has 4 nitrogen and oxygen atoms in total. The minimum absolute atomic E-state index is 0.147. The van der Waals surface area contributed by atoms with Gasteiger partial charge in [0.05, 0.1) is 4.90 Å². The molecule has 20 heavy (non-hydrogen) atoms. The van der Waals surface area contributed by atoms with Crippen molar-refractivity contribution >= 4 is 21.8 Å². The van der Waals surface area contributed by atoms with Crippen LogP contribution in [0, 0.1) is 11.8 Å². The minimum Gasteiger partial charge on any atom is -0.384 e. The molecule has 0 fully saturated rings. The highest BCUT2D eigenvalue weighted by atomic mass is 32.2. The van der Waals surface area contributed by atoms with Gasteiger partial charge in [-0.25, -0.2) is 13.1 Å². The first-order chi connectivity index (χ1) is 9.51. The number of rotatable bonds is 6. The van der Waals surface area contributed by atoms with Gasteiger partial charge in [0.25, 0.3) is 0 Å². The van der Waals surface area contributed by atoms with Gasteiger partial charge in [-0.3, -0.25) is 0 Å². The zero-order chi connectivity index (χ0) is 15.0. The predicted octanol–water partition coefficient (Wildman–Crippen LogP) is 1.45. The molecule has 0 aromatic heterocycles. The van der Waals surface area contributed by atoms with Gasteiger partial charge in [0.1, 0.15) is 6.61 Å². The molecule has 2 N–H and O–H groups in total. The highest BCUT2D eigenvalue weighted by Gasteiger charge is 2.19. The summed E-state index contributed by atoms with van der Waals surface area (Å²) >= 11 is 1.68. The average molecular weight is 313 g/mol. The summed E-state index contributed by atoms with van der Waals surface area (Å²) in [5, 5.41) is 8.72. The summed E-state index contributed by atoms with van der Waals surface area (Å²) in [5.41, 5.74) is 0.393. The van der Waals surface area contributed by atoms with Crippen molar-refractivity contribution in [2.75, 3.05) is 18.1 Å². The molecule has 0 heterocycles. The SMILES string of the molecule is CCSCC(C)NS(=O)(=O)c1ccccc1C#CCO. The van der Waals surface area contributed by atoms with Crippen molar-refractivity contribution in [1.29, 1.82) is 0 Å². The number of aliphatic hydroxyl groups excluding tert-OH is 1. The lowest BCUT2D eigenvalue weighted by Crippen LogP contribution is -2.34. The Morgan fingerprint density at radius 2 is 2.10 bits per heavy atom. The number of sulfonamides is 1. The minimum atomic E-state index is -3.60. The van der Waals surface area contributed by atoms with Gasteiger partial charge in [-0.1, -0.05) is 30.9 Å². The van der Waals surface area contributed by atoms with E-state index in [1.807, 2.05) is 13.8 Å². The van der Waals surface area contributed by atoms with Crippen LogP contribution in [0.5, 0.6) is 0 Å². The second-order valence-electron chi connectivity index (χ2n) is 4.14. The van der Waals surface area contributed by atoms with Crippen LogP contribution in [0.1, 0.15) is 19.4 Å². The molecule has 0 bridgehead atoms. The molecule has 0 saturated carbocycles. The van der Waals surface area contributed by atoms with E-state index in [0.717, 1.165) is 11.5 Å². The van der Waals surface area contributed by atoms with Gasteiger partial charge in [0.2, 0.25) is 10.0 Å². The third kappa shape index (κ3) is 5.17. The van der Waals surface area contributed by atoms with Crippen LogP contribution in [0.25, 0.3) is 0 Å². The van der Waals surface area contributed by atoms with E-state index in [9.17, 15) is 8.42 Å². The van der Waals surface area contributed by atoms with Crippen LogP contribution in [0.3, 0.4) is 0 Å². The molecule has 1 atom stereocenters. The van der Waals surface area contributed by atoms with Crippen LogP contribution in [-0.2, 0) is 10.0 Å². The van der Waals surface area contributed by atoms with Gasteiger partial charge in [-0.15, -0.1) is 0 Å². The van der Waals surface area contributed by atoms with Gasteiger partial charge in [0.15, 0.2) is 0 Å². The van der Waals surface area contributed by atoms with Crippen molar-refractivity contribution in [2.45, 2.75) is 24.8 Å². The first kappa shape index (κ1) is 17.1. The number of aliphatic hydroxyl groups is 1. The summed E-state index contributed by atoms with van der Waals surface area (Å²) in [6.07, 6.45) is 0. The number of hydrogen-bond donors (Lipinski definition) is 2. The van der Waals surface area contributed by atoms with Gasteiger partial charge < -0.3 is 5.11 Å². The molecule has 0 saturated heterocycles. The van der Waals surface area contributed by atoms with Crippen molar-refractivity contribution in [3.8, 4) is 11.8 Å². The molecule has 6 heteroatoms. The summed E-state index contributed by atoms with van der Waals surface area (Å²) in [5.74, 6) is 6.81. The lowest BCUT2D eigenvalue weighted by atomic mass is 10.2. The molecule has 110 valence electrons. The van der Waals surface area contributed by atoms with Crippen molar-refractivity contribution in [2.24, 2.45) is 0 Å². The molecule has 0 aliphatic carbocycles.